The molecular formula is C37H42O5S2. The van der Waals surface area contributed by atoms with Crippen LogP contribution in [0.5, 0.6) is 0 Å². The summed E-state index contributed by atoms with van der Waals surface area (Å²) in [6, 6.07) is 40.6. The average molecular weight is 631 g/mol. The van der Waals surface area contributed by atoms with Crippen LogP contribution in [0.15, 0.2) is 121 Å². The fraction of sp³-hybridized carbons (Fsp3) is 0.351. The lowest BCUT2D eigenvalue weighted by Gasteiger charge is -2.40. The molecule has 44 heavy (non-hydrogen) atoms. The van der Waals surface area contributed by atoms with Crippen molar-refractivity contribution in [3.8, 4) is 0 Å². The second kappa shape index (κ2) is 18.4. The van der Waals surface area contributed by atoms with Crippen LogP contribution in [0.3, 0.4) is 0 Å². The van der Waals surface area contributed by atoms with E-state index in [2.05, 4.69) is 24.3 Å². The monoisotopic (exact) mass is 630 g/mol. The largest absolute Gasteiger partial charge is 0.394 e. The summed E-state index contributed by atoms with van der Waals surface area (Å²) in [7, 11) is 0. The number of ether oxygens (including phenoxy) is 4. The molecule has 1 saturated heterocycles. The van der Waals surface area contributed by atoms with Gasteiger partial charge in [0.05, 0.1) is 37.6 Å². The van der Waals surface area contributed by atoms with Crippen molar-refractivity contribution in [3.63, 3.8) is 0 Å². The lowest BCUT2D eigenvalue weighted by atomic mass is 10.0. The Bertz CT molecular complexity index is 1310. The molecule has 1 N–H and O–H groups in total. The number of rotatable bonds is 17. The molecule has 0 radical (unpaired) electrons. The van der Waals surface area contributed by atoms with Gasteiger partial charge in [0, 0.05) is 0 Å². The Balaban J connectivity index is 1.47. The molecule has 5 rings (SSSR count). The van der Waals surface area contributed by atoms with Gasteiger partial charge in [0.25, 0.3) is 0 Å². The Morgan fingerprint density at radius 1 is 0.523 bits per heavy atom. The SMILES string of the molecule is OCC(OCc1ccccc1)C(OCc1ccccc1)C(OCc1ccccc1)C(OCc1ccccc1)C1SCCCS1. The van der Waals surface area contributed by atoms with Gasteiger partial charge in [-0.25, -0.2) is 0 Å². The Morgan fingerprint density at radius 3 is 1.34 bits per heavy atom. The number of hydrogen-bond acceptors (Lipinski definition) is 7. The van der Waals surface area contributed by atoms with Gasteiger partial charge in [0.1, 0.15) is 24.4 Å². The predicted molar refractivity (Wildman–Crippen MR) is 180 cm³/mol. The third kappa shape index (κ3) is 10.2. The molecule has 0 saturated carbocycles. The minimum absolute atomic E-state index is 0.143. The summed E-state index contributed by atoms with van der Waals surface area (Å²) in [5, 5.41) is 10.8. The van der Waals surface area contributed by atoms with E-state index in [1.165, 1.54) is 6.42 Å². The Kier molecular flexibility index (Phi) is 13.7. The predicted octanol–water partition coefficient (Wildman–Crippen LogP) is 7.52. The summed E-state index contributed by atoms with van der Waals surface area (Å²) in [5.74, 6) is 2.13. The van der Waals surface area contributed by atoms with Crippen molar-refractivity contribution in [3.05, 3.63) is 144 Å². The van der Waals surface area contributed by atoms with E-state index in [0.717, 1.165) is 33.8 Å². The van der Waals surface area contributed by atoms with Crippen molar-refractivity contribution in [2.24, 2.45) is 0 Å². The molecule has 1 fully saturated rings. The number of thioether (sulfide) groups is 2. The molecule has 0 spiro atoms. The second-order valence-electron chi connectivity index (χ2n) is 10.8. The highest BCUT2D eigenvalue weighted by Crippen LogP contribution is 2.38. The van der Waals surface area contributed by atoms with Gasteiger partial charge in [0.15, 0.2) is 0 Å². The first kappa shape index (κ1) is 32.8. The smallest absolute Gasteiger partial charge is 0.115 e. The topological polar surface area (TPSA) is 57.2 Å². The first-order valence-corrected chi connectivity index (χ1v) is 17.4. The van der Waals surface area contributed by atoms with Gasteiger partial charge in [-0.05, 0) is 40.2 Å². The number of aliphatic hydroxyl groups is 1. The molecule has 4 aromatic rings. The number of aliphatic hydroxyl groups excluding tert-OH is 1. The summed E-state index contributed by atoms with van der Waals surface area (Å²) in [6.07, 6.45) is -0.902. The van der Waals surface area contributed by atoms with E-state index in [1.54, 1.807) is 0 Å². The third-order valence-electron chi connectivity index (χ3n) is 7.48. The maximum absolute atomic E-state index is 10.8. The van der Waals surface area contributed by atoms with Crippen LogP contribution in [0.2, 0.25) is 0 Å². The molecule has 0 aromatic heterocycles. The van der Waals surface area contributed by atoms with E-state index < -0.39 is 18.3 Å². The molecule has 4 aromatic carbocycles. The highest BCUT2D eigenvalue weighted by molar-refractivity contribution is 8.17. The second-order valence-corrected chi connectivity index (χ2v) is 13.6. The van der Waals surface area contributed by atoms with Crippen LogP contribution in [0.25, 0.3) is 0 Å². The summed E-state index contributed by atoms with van der Waals surface area (Å²) in [6.45, 7) is 1.34. The first-order valence-electron chi connectivity index (χ1n) is 15.3. The number of benzene rings is 4. The summed E-state index contributed by atoms with van der Waals surface area (Å²) in [5.41, 5.74) is 4.24. The molecule has 0 amide bonds. The highest BCUT2D eigenvalue weighted by Gasteiger charge is 2.42. The van der Waals surface area contributed by atoms with Crippen LogP contribution in [-0.2, 0) is 45.4 Å². The van der Waals surface area contributed by atoms with E-state index in [4.69, 9.17) is 18.9 Å². The molecule has 232 valence electrons. The Labute approximate surface area is 270 Å². The normalized spacial score (nSPS) is 16.7. The summed E-state index contributed by atoms with van der Waals surface area (Å²) in [4.78, 5) is 0. The minimum atomic E-state index is -0.638. The number of hydrogen-bond donors (Lipinski definition) is 1. The zero-order chi connectivity index (χ0) is 30.2. The summed E-state index contributed by atoms with van der Waals surface area (Å²) < 4.78 is 27.0. The van der Waals surface area contributed by atoms with Crippen molar-refractivity contribution in [2.75, 3.05) is 18.1 Å². The Morgan fingerprint density at radius 2 is 0.909 bits per heavy atom. The van der Waals surface area contributed by atoms with Crippen LogP contribution < -0.4 is 0 Å². The first-order chi connectivity index (χ1) is 21.8. The molecule has 5 nitrogen and oxygen atoms in total. The van der Waals surface area contributed by atoms with Gasteiger partial charge in [-0.15, -0.1) is 23.5 Å². The Hall–Kier alpha value is -2.62. The van der Waals surface area contributed by atoms with E-state index >= 15 is 0 Å². The van der Waals surface area contributed by atoms with Crippen molar-refractivity contribution < 1.29 is 24.1 Å². The fourth-order valence-corrected chi connectivity index (χ4v) is 8.22. The molecule has 1 heterocycles. The van der Waals surface area contributed by atoms with Crippen molar-refractivity contribution in [2.45, 2.75) is 61.8 Å². The van der Waals surface area contributed by atoms with E-state index in [0.29, 0.717) is 26.4 Å². The maximum Gasteiger partial charge on any atom is 0.115 e. The van der Waals surface area contributed by atoms with Gasteiger partial charge in [-0.1, -0.05) is 121 Å². The van der Waals surface area contributed by atoms with Crippen LogP contribution >= 0.6 is 23.5 Å². The molecule has 7 heteroatoms. The van der Waals surface area contributed by atoms with Crippen molar-refractivity contribution in [1.82, 2.24) is 0 Å². The molecular weight excluding hydrogens is 589 g/mol. The van der Waals surface area contributed by atoms with Gasteiger partial charge < -0.3 is 24.1 Å². The lowest BCUT2D eigenvalue weighted by molar-refractivity contribution is -0.193. The van der Waals surface area contributed by atoms with Gasteiger partial charge in [-0.3, -0.25) is 0 Å². The van der Waals surface area contributed by atoms with Crippen LogP contribution in [0.4, 0.5) is 0 Å². The molecule has 4 atom stereocenters. The van der Waals surface area contributed by atoms with Crippen molar-refractivity contribution in [1.29, 1.82) is 0 Å². The molecule has 1 aliphatic heterocycles. The minimum Gasteiger partial charge on any atom is -0.394 e. The van der Waals surface area contributed by atoms with Crippen LogP contribution in [0.1, 0.15) is 28.7 Å². The van der Waals surface area contributed by atoms with Gasteiger partial charge in [0.2, 0.25) is 0 Å². The van der Waals surface area contributed by atoms with E-state index in [1.807, 2.05) is 121 Å². The zero-order valence-electron chi connectivity index (χ0n) is 25.0. The average Bonchev–Trinajstić information content (AvgIpc) is 3.10. The van der Waals surface area contributed by atoms with E-state index in [-0.39, 0.29) is 17.3 Å². The van der Waals surface area contributed by atoms with Crippen LogP contribution in [-0.4, -0.2) is 52.2 Å². The maximum atomic E-state index is 10.8. The standard InChI is InChI=1S/C37H42O5S2/c38-24-33(39-25-29-14-5-1-6-15-29)34(40-26-30-16-7-2-8-17-30)35(41-27-31-18-9-3-10-19-31)36(37-43-22-13-23-44-37)42-28-32-20-11-4-12-21-32/h1-12,14-21,33-38H,13,22-28H2. The van der Waals surface area contributed by atoms with Gasteiger partial charge >= 0.3 is 0 Å². The molecule has 4 unspecified atom stereocenters. The fourth-order valence-electron chi connectivity index (χ4n) is 5.14. The molecule has 0 aliphatic carbocycles. The van der Waals surface area contributed by atoms with Crippen LogP contribution in [0, 0.1) is 0 Å². The molecule has 0 bridgehead atoms. The quantitative estimate of drug-likeness (QED) is 0.130. The van der Waals surface area contributed by atoms with Crippen molar-refractivity contribution >= 4 is 23.5 Å². The zero-order valence-corrected chi connectivity index (χ0v) is 26.6. The molecule has 1 aliphatic rings. The third-order valence-corrected chi connectivity index (χ3v) is 10.5. The van der Waals surface area contributed by atoms with Gasteiger partial charge in [-0.2, -0.15) is 0 Å². The highest BCUT2D eigenvalue weighted by atomic mass is 32.2. The lowest BCUT2D eigenvalue weighted by Crippen LogP contribution is -2.53. The van der Waals surface area contributed by atoms with E-state index in [9.17, 15) is 5.11 Å². The summed E-state index contributed by atoms with van der Waals surface area (Å²) >= 11 is 3.83.